The third kappa shape index (κ3) is 4.98. The fourth-order valence-electron chi connectivity index (χ4n) is 2.56. The fraction of sp³-hybridized carbons (Fsp3) is 0.421. The van der Waals surface area contributed by atoms with Gasteiger partial charge >= 0.3 is 0 Å². The van der Waals surface area contributed by atoms with Crippen LogP contribution in [0.2, 0.25) is 0 Å². The summed E-state index contributed by atoms with van der Waals surface area (Å²) in [5.41, 5.74) is 3.92. The first-order valence-electron chi connectivity index (χ1n) is 8.05. The molecule has 0 aliphatic carbocycles. The number of rotatable bonds is 8. The second-order valence-corrected chi connectivity index (χ2v) is 5.52. The molecule has 0 aliphatic rings. The van der Waals surface area contributed by atoms with Gasteiger partial charge in [0.1, 0.15) is 0 Å². The fourth-order valence-corrected chi connectivity index (χ4v) is 2.56. The van der Waals surface area contributed by atoms with E-state index in [1.807, 2.05) is 12.3 Å². The highest BCUT2D eigenvalue weighted by Gasteiger charge is 2.12. The predicted octanol–water partition coefficient (Wildman–Crippen LogP) is 4.32. The molecular formula is C19H26N2. The minimum Gasteiger partial charge on any atom is -0.310 e. The maximum atomic E-state index is 4.46. The summed E-state index contributed by atoms with van der Waals surface area (Å²) in [4.78, 5) is 4.46. The third-order valence-corrected chi connectivity index (χ3v) is 3.70. The van der Waals surface area contributed by atoms with Crippen LogP contribution in [0.5, 0.6) is 0 Å². The normalized spacial score (nSPS) is 12.3. The van der Waals surface area contributed by atoms with Gasteiger partial charge in [-0.25, -0.2) is 0 Å². The molecule has 1 aromatic heterocycles. The SMILES string of the molecule is CCCNC(Cc1ccccn1)c1ccc(CCC)cc1. The standard InChI is InChI=1S/C19H26N2/c1-3-7-16-9-11-17(12-10-16)19(21-13-4-2)15-18-8-5-6-14-20-18/h5-6,8-12,14,19,21H,3-4,7,13,15H2,1-2H3. The van der Waals surface area contributed by atoms with Crippen LogP contribution in [0.25, 0.3) is 0 Å². The van der Waals surface area contributed by atoms with Gasteiger partial charge in [0.15, 0.2) is 0 Å². The molecule has 0 saturated carbocycles. The molecular weight excluding hydrogens is 256 g/mol. The topological polar surface area (TPSA) is 24.9 Å². The van der Waals surface area contributed by atoms with Crippen LogP contribution < -0.4 is 5.32 Å². The van der Waals surface area contributed by atoms with Gasteiger partial charge in [-0.1, -0.05) is 50.6 Å². The van der Waals surface area contributed by atoms with Gasteiger partial charge in [0, 0.05) is 24.4 Å². The molecule has 0 spiro atoms. The largest absolute Gasteiger partial charge is 0.310 e. The molecule has 0 aliphatic heterocycles. The summed E-state index contributed by atoms with van der Waals surface area (Å²) in [6, 6.07) is 15.5. The van der Waals surface area contributed by atoms with Crippen LogP contribution in [0.1, 0.15) is 49.6 Å². The Hall–Kier alpha value is -1.67. The Labute approximate surface area is 128 Å². The van der Waals surface area contributed by atoms with Crippen molar-refractivity contribution < 1.29 is 0 Å². The van der Waals surface area contributed by atoms with Crippen LogP contribution in [-0.2, 0) is 12.8 Å². The number of nitrogens with one attached hydrogen (secondary N) is 1. The summed E-state index contributed by atoms with van der Waals surface area (Å²) in [7, 11) is 0. The number of aromatic nitrogens is 1. The summed E-state index contributed by atoms with van der Waals surface area (Å²) < 4.78 is 0. The number of benzene rings is 1. The van der Waals surface area contributed by atoms with E-state index in [1.165, 1.54) is 17.5 Å². The van der Waals surface area contributed by atoms with Crippen molar-refractivity contribution in [2.45, 2.75) is 45.6 Å². The predicted molar refractivity (Wildman–Crippen MR) is 89.4 cm³/mol. The zero-order valence-corrected chi connectivity index (χ0v) is 13.2. The van der Waals surface area contributed by atoms with Crippen molar-refractivity contribution in [2.24, 2.45) is 0 Å². The van der Waals surface area contributed by atoms with E-state index in [4.69, 9.17) is 0 Å². The Morgan fingerprint density at radius 1 is 1.00 bits per heavy atom. The van der Waals surface area contributed by atoms with E-state index in [0.717, 1.165) is 31.5 Å². The first kappa shape index (κ1) is 15.7. The molecule has 0 radical (unpaired) electrons. The van der Waals surface area contributed by atoms with Crippen molar-refractivity contribution >= 4 is 0 Å². The second kappa shape index (κ2) is 8.58. The summed E-state index contributed by atoms with van der Waals surface area (Å²) in [6.07, 6.45) is 6.32. The monoisotopic (exact) mass is 282 g/mol. The molecule has 1 heterocycles. The van der Waals surface area contributed by atoms with Gasteiger partial charge < -0.3 is 5.32 Å². The average Bonchev–Trinajstić information content (AvgIpc) is 2.53. The van der Waals surface area contributed by atoms with Gasteiger partial charge in [0.05, 0.1) is 0 Å². The zero-order valence-electron chi connectivity index (χ0n) is 13.2. The summed E-state index contributed by atoms with van der Waals surface area (Å²) in [5, 5.41) is 3.65. The Morgan fingerprint density at radius 3 is 2.43 bits per heavy atom. The molecule has 2 rings (SSSR count). The Balaban J connectivity index is 2.11. The number of nitrogens with zero attached hydrogens (tertiary/aromatic N) is 1. The van der Waals surface area contributed by atoms with Crippen LogP contribution in [-0.4, -0.2) is 11.5 Å². The maximum Gasteiger partial charge on any atom is 0.0422 e. The third-order valence-electron chi connectivity index (χ3n) is 3.70. The smallest absolute Gasteiger partial charge is 0.0422 e. The van der Waals surface area contributed by atoms with Crippen LogP contribution in [0.4, 0.5) is 0 Å². The van der Waals surface area contributed by atoms with E-state index >= 15 is 0 Å². The Morgan fingerprint density at radius 2 is 1.81 bits per heavy atom. The van der Waals surface area contributed by atoms with Crippen molar-refractivity contribution in [1.29, 1.82) is 0 Å². The second-order valence-electron chi connectivity index (χ2n) is 5.52. The van der Waals surface area contributed by atoms with E-state index in [-0.39, 0.29) is 0 Å². The van der Waals surface area contributed by atoms with E-state index in [9.17, 15) is 0 Å². The van der Waals surface area contributed by atoms with Crippen LogP contribution in [0.3, 0.4) is 0 Å². The van der Waals surface area contributed by atoms with Crippen LogP contribution in [0.15, 0.2) is 48.7 Å². The van der Waals surface area contributed by atoms with Crippen LogP contribution >= 0.6 is 0 Å². The lowest BCUT2D eigenvalue weighted by atomic mass is 9.99. The van der Waals surface area contributed by atoms with Crippen molar-refractivity contribution in [3.63, 3.8) is 0 Å². The lowest BCUT2D eigenvalue weighted by molar-refractivity contribution is 0.524. The average molecular weight is 282 g/mol. The summed E-state index contributed by atoms with van der Waals surface area (Å²) in [6.45, 7) is 5.46. The van der Waals surface area contributed by atoms with Gasteiger partial charge in [-0.15, -0.1) is 0 Å². The van der Waals surface area contributed by atoms with E-state index in [0.29, 0.717) is 6.04 Å². The van der Waals surface area contributed by atoms with Crippen molar-refractivity contribution in [1.82, 2.24) is 10.3 Å². The minimum absolute atomic E-state index is 0.343. The number of hydrogen-bond donors (Lipinski definition) is 1. The van der Waals surface area contributed by atoms with E-state index in [2.05, 4.69) is 60.5 Å². The Kier molecular flexibility index (Phi) is 6.42. The van der Waals surface area contributed by atoms with E-state index < -0.39 is 0 Å². The highest BCUT2D eigenvalue weighted by Crippen LogP contribution is 2.19. The molecule has 0 saturated heterocycles. The van der Waals surface area contributed by atoms with Crippen molar-refractivity contribution in [3.05, 3.63) is 65.5 Å². The molecule has 2 heteroatoms. The molecule has 0 bridgehead atoms. The first-order valence-corrected chi connectivity index (χ1v) is 8.05. The molecule has 1 N–H and O–H groups in total. The lowest BCUT2D eigenvalue weighted by Gasteiger charge is -2.19. The van der Waals surface area contributed by atoms with Gasteiger partial charge in [-0.3, -0.25) is 4.98 Å². The molecule has 0 fully saturated rings. The van der Waals surface area contributed by atoms with E-state index in [1.54, 1.807) is 0 Å². The molecule has 2 aromatic rings. The van der Waals surface area contributed by atoms with Crippen LogP contribution in [0, 0.1) is 0 Å². The number of aryl methyl sites for hydroxylation is 1. The van der Waals surface area contributed by atoms with Crippen molar-refractivity contribution in [2.75, 3.05) is 6.54 Å². The highest BCUT2D eigenvalue weighted by atomic mass is 14.9. The zero-order chi connectivity index (χ0) is 14.9. The molecule has 1 aromatic carbocycles. The molecule has 21 heavy (non-hydrogen) atoms. The minimum atomic E-state index is 0.343. The summed E-state index contributed by atoms with van der Waals surface area (Å²) >= 11 is 0. The molecule has 1 atom stereocenters. The van der Waals surface area contributed by atoms with Gasteiger partial charge in [-0.2, -0.15) is 0 Å². The molecule has 1 unspecified atom stereocenters. The maximum absolute atomic E-state index is 4.46. The molecule has 2 nitrogen and oxygen atoms in total. The van der Waals surface area contributed by atoms with Gasteiger partial charge in [0.25, 0.3) is 0 Å². The van der Waals surface area contributed by atoms with Gasteiger partial charge in [0.2, 0.25) is 0 Å². The Bertz CT molecular complexity index is 505. The molecule has 112 valence electrons. The molecule has 0 amide bonds. The summed E-state index contributed by atoms with van der Waals surface area (Å²) in [5.74, 6) is 0. The number of hydrogen-bond acceptors (Lipinski definition) is 2. The van der Waals surface area contributed by atoms with Crippen molar-refractivity contribution in [3.8, 4) is 0 Å². The van der Waals surface area contributed by atoms with Gasteiger partial charge in [-0.05, 0) is 42.6 Å². The first-order chi connectivity index (χ1) is 10.3. The quantitative estimate of drug-likeness (QED) is 0.780. The number of pyridine rings is 1. The highest BCUT2D eigenvalue weighted by molar-refractivity contribution is 5.26. The lowest BCUT2D eigenvalue weighted by Crippen LogP contribution is -2.24.